The standard InChI is InChI=1S/C15H26N4O3/c1-14(2,3)22-13(20)19-8-5-7-15(21,10-19)12(16)11-6-9-18(4)17-11/h6,9,12,21H,5,7-8,10,16H2,1-4H3. The number of β-amino-alcohol motifs (C(OH)–C–C–N with tert-alkyl or cyclic N) is 1. The van der Waals surface area contributed by atoms with Gasteiger partial charge in [0.2, 0.25) is 0 Å². The first-order valence-electron chi connectivity index (χ1n) is 7.56. The van der Waals surface area contributed by atoms with Crippen molar-refractivity contribution >= 4 is 6.09 Å². The summed E-state index contributed by atoms with van der Waals surface area (Å²) in [5, 5.41) is 15.2. The molecule has 2 unspecified atom stereocenters. The Balaban J connectivity index is 2.09. The van der Waals surface area contributed by atoms with E-state index < -0.39 is 23.3 Å². The fraction of sp³-hybridized carbons (Fsp3) is 0.733. The lowest BCUT2D eigenvalue weighted by Gasteiger charge is -2.42. The van der Waals surface area contributed by atoms with Crippen molar-refractivity contribution in [3.63, 3.8) is 0 Å². The van der Waals surface area contributed by atoms with Gasteiger partial charge in [-0.2, -0.15) is 5.10 Å². The Morgan fingerprint density at radius 2 is 2.23 bits per heavy atom. The van der Waals surface area contributed by atoms with Crippen LogP contribution in [0.2, 0.25) is 0 Å². The van der Waals surface area contributed by atoms with Gasteiger partial charge in [-0.05, 0) is 39.7 Å². The molecule has 1 aliphatic heterocycles. The van der Waals surface area contributed by atoms with Crippen molar-refractivity contribution in [1.82, 2.24) is 14.7 Å². The monoisotopic (exact) mass is 310 g/mol. The van der Waals surface area contributed by atoms with Gasteiger partial charge in [0.05, 0.1) is 18.3 Å². The third kappa shape index (κ3) is 3.78. The van der Waals surface area contributed by atoms with E-state index in [2.05, 4.69) is 5.10 Å². The first-order valence-corrected chi connectivity index (χ1v) is 7.56. The normalized spacial score (nSPS) is 24.2. The van der Waals surface area contributed by atoms with Crippen LogP contribution in [0.15, 0.2) is 12.3 Å². The molecule has 124 valence electrons. The summed E-state index contributed by atoms with van der Waals surface area (Å²) in [5.74, 6) is 0. The summed E-state index contributed by atoms with van der Waals surface area (Å²) in [6.07, 6.45) is 2.58. The average Bonchev–Trinajstić information content (AvgIpc) is 2.82. The molecule has 2 heterocycles. The number of carbonyl (C=O) groups is 1. The van der Waals surface area contributed by atoms with Crippen LogP contribution in [0.4, 0.5) is 4.79 Å². The van der Waals surface area contributed by atoms with E-state index in [-0.39, 0.29) is 6.54 Å². The number of piperidine rings is 1. The van der Waals surface area contributed by atoms with E-state index in [4.69, 9.17) is 10.5 Å². The molecule has 0 aliphatic carbocycles. The van der Waals surface area contributed by atoms with E-state index in [0.717, 1.165) is 0 Å². The number of likely N-dealkylation sites (tertiary alicyclic amines) is 1. The summed E-state index contributed by atoms with van der Waals surface area (Å²) in [6, 6.07) is 1.15. The van der Waals surface area contributed by atoms with E-state index in [0.29, 0.717) is 25.1 Å². The molecule has 1 aromatic heterocycles. The number of amides is 1. The number of rotatable bonds is 2. The van der Waals surface area contributed by atoms with Crippen LogP contribution < -0.4 is 5.73 Å². The van der Waals surface area contributed by atoms with E-state index in [1.165, 1.54) is 4.90 Å². The summed E-state index contributed by atoms with van der Waals surface area (Å²) in [6.45, 7) is 6.17. The Bertz CT molecular complexity index is 537. The van der Waals surface area contributed by atoms with Crippen LogP contribution in [-0.4, -0.2) is 50.2 Å². The van der Waals surface area contributed by atoms with Crippen molar-refractivity contribution in [3.05, 3.63) is 18.0 Å². The first kappa shape index (κ1) is 16.8. The molecule has 1 fully saturated rings. The molecule has 0 radical (unpaired) electrons. The topological polar surface area (TPSA) is 93.6 Å². The van der Waals surface area contributed by atoms with Gasteiger partial charge in [0.1, 0.15) is 11.2 Å². The predicted molar refractivity (Wildman–Crippen MR) is 82.1 cm³/mol. The Morgan fingerprint density at radius 3 is 2.77 bits per heavy atom. The molecule has 1 saturated heterocycles. The predicted octanol–water partition coefficient (Wildman–Crippen LogP) is 1.18. The minimum atomic E-state index is -1.19. The number of aliphatic hydroxyl groups is 1. The number of nitrogens with zero attached hydrogens (tertiary/aromatic N) is 3. The second-order valence-corrected chi connectivity index (χ2v) is 7.00. The van der Waals surface area contributed by atoms with Crippen LogP contribution >= 0.6 is 0 Å². The summed E-state index contributed by atoms with van der Waals surface area (Å²) in [4.78, 5) is 13.7. The Hall–Kier alpha value is -1.60. The van der Waals surface area contributed by atoms with Gasteiger partial charge < -0.3 is 20.5 Å². The molecule has 22 heavy (non-hydrogen) atoms. The van der Waals surface area contributed by atoms with Crippen LogP contribution in [0.3, 0.4) is 0 Å². The van der Waals surface area contributed by atoms with Crippen LogP contribution in [-0.2, 0) is 11.8 Å². The number of aryl methyl sites for hydroxylation is 1. The molecule has 1 amide bonds. The zero-order valence-corrected chi connectivity index (χ0v) is 13.7. The van der Waals surface area contributed by atoms with Gasteiger partial charge in [0.25, 0.3) is 0 Å². The van der Waals surface area contributed by atoms with Gasteiger partial charge in [0, 0.05) is 19.8 Å². The van der Waals surface area contributed by atoms with Crippen molar-refractivity contribution in [3.8, 4) is 0 Å². The minimum Gasteiger partial charge on any atom is -0.444 e. The van der Waals surface area contributed by atoms with Gasteiger partial charge in [0.15, 0.2) is 0 Å². The second kappa shape index (κ2) is 5.89. The lowest BCUT2D eigenvalue weighted by Crippen LogP contribution is -2.56. The van der Waals surface area contributed by atoms with E-state index in [9.17, 15) is 9.90 Å². The zero-order chi connectivity index (χ0) is 16.5. The molecule has 1 aromatic rings. The second-order valence-electron chi connectivity index (χ2n) is 7.00. The summed E-state index contributed by atoms with van der Waals surface area (Å²) < 4.78 is 7.02. The number of hydrogen-bond acceptors (Lipinski definition) is 5. The number of carbonyl (C=O) groups excluding carboxylic acids is 1. The SMILES string of the molecule is Cn1ccc(C(N)C2(O)CCCN(C(=O)OC(C)(C)C)C2)n1. The van der Waals surface area contributed by atoms with Crippen molar-refractivity contribution in [2.45, 2.75) is 50.9 Å². The van der Waals surface area contributed by atoms with Gasteiger partial charge in [-0.25, -0.2) is 4.79 Å². The lowest BCUT2D eigenvalue weighted by molar-refractivity contribution is -0.0583. The Morgan fingerprint density at radius 1 is 1.55 bits per heavy atom. The molecule has 3 N–H and O–H groups in total. The third-order valence-corrected chi connectivity index (χ3v) is 3.79. The van der Waals surface area contributed by atoms with E-state index in [1.807, 2.05) is 20.8 Å². The summed E-state index contributed by atoms with van der Waals surface area (Å²) in [7, 11) is 1.80. The Labute approximate surface area is 131 Å². The van der Waals surface area contributed by atoms with E-state index >= 15 is 0 Å². The molecule has 0 saturated carbocycles. The molecule has 0 aromatic carbocycles. The molecule has 0 bridgehead atoms. The summed E-state index contributed by atoms with van der Waals surface area (Å²) in [5.41, 5.74) is 5.07. The number of nitrogens with two attached hydrogens (primary N) is 1. The van der Waals surface area contributed by atoms with Gasteiger partial charge in [-0.15, -0.1) is 0 Å². The zero-order valence-electron chi connectivity index (χ0n) is 13.7. The van der Waals surface area contributed by atoms with Crippen LogP contribution in [0.5, 0.6) is 0 Å². The van der Waals surface area contributed by atoms with Crippen molar-refractivity contribution in [1.29, 1.82) is 0 Å². The lowest BCUT2D eigenvalue weighted by atomic mass is 9.84. The third-order valence-electron chi connectivity index (χ3n) is 3.79. The van der Waals surface area contributed by atoms with Gasteiger partial charge in [-0.3, -0.25) is 4.68 Å². The van der Waals surface area contributed by atoms with E-state index in [1.54, 1.807) is 24.0 Å². The highest BCUT2D eigenvalue weighted by molar-refractivity contribution is 5.68. The van der Waals surface area contributed by atoms with Crippen molar-refractivity contribution in [2.24, 2.45) is 12.8 Å². The highest BCUT2D eigenvalue weighted by Gasteiger charge is 2.42. The smallest absolute Gasteiger partial charge is 0.410 e. The fourth-order valence-electron chi connectivity index (χ4n) is 2.68. The maximum Gasteiger partial charge on any atom is 0.410 e. The molecular formula is C15H26N4O3. The minimum absolute atomic E-state index is 0.152. The highest BCUT2D eigenvalue weighted by atomic mass is 16.6. The summed E-state index contributed by atoms with van der Waals surface area (Å²) >= 11 is 0. The van der Waals surface area contributed by atoms with Crippen LogP contribution in [0.1, 0.15) is 45.3 Å². The quantitative estimate of drug-likeness (QED) is 0.855. The maximum atomic E-state index is 12.2. The number of ether oxygens (including phenoxy) is 1. The van der Waals surface area contributed by atoms with Crippen molar-refractivity contribution < 1.29 is 14.6 Å². The molecule has 7 heteroatoms. The van der Waals surface area contributed by atoms with Gasteiger partial charge in [-0.1, -0.05) is 0 Å². The average molecular weight is 310 g/mol. The maximum absolute atomic E-state index is 12.2. The fourth-order valence-corrected chi connectivity index (χ4v) is 2.68. The van der Waals surface area contributed by atoms with Crippen LogP contribution in [0, 0.1) is 0 Å². The largest absolute Gasteiger partial charge is 0.444 e. The number of hydrogen-bond donors (Lipinski definition) is 2. The van der Waals surface area contributed by atoms with Crippen molar-refractivity contribution in [2.75, 3.05) is 13.1 Å². The molecule has 7 nitrogen and oxygen atoms in total. The first-order chi connectivity index (χ1) is 10.1. The number of aromatic nitrogens is 2. The molecule has 0 spiro atoms. The van der Waals surface area contributed by atoms with Crippen LogP contribution in [0.25, 0.3) is 0 Å². The molecule has 1 aliphatic rings. The molecule has 2 atom stereocenters. The highest BCUT2D eigenvalue weighted by Crippen LogP contribution is 2.32. The molecule has 2 rings (SSSR count). The van der Waals surface area contributed by atoms with Gasteiger partial charge >= 0.3 is 6.09 Å². The molecular weight excluding hydrogens is 284 g/mol. The Kier molecular flexibility index (Phi) is 4.49.